The van der Waals surface area contributed by atoms with Crippen molar-refractivity contribution in [3.63, 3.8) is 0 Å². The summed E-state index contributed by atoms with van der Waals surface area (Å²) in [5.74, 6) is -0.281. The van der Waals surface area contributed by atoms with Crippen LogP contribution in [0, 0.1) is 5.82 Å². The fraction of sp³-hybridized carbons (Fsp3) is 0.333. The summed E-state index contributed by atoms with van der Waals surface area (Å²) in [6.07, 6.45) is -2.74. The number of halogens is 4. The van der Waals surface area contributed by atoms with Crippen LogP contribution in [0.2, 0.25) is 0 Å². The molecule has 2 aromatic carbocycles. The standard InChI is InChI=1S/C18H17F4N/c19-17-3-1-12(2-4-17)14-9-15(13-5-7-23-8-6-13)11-16(10-14)18(20,21)22/h1-4,9-11,13,23H,5-8H2. The number of piperidine rings is 1. The quantitative estimate of drug-likeness (QED) is 0.769. The molecule has 1 heterocycles. The number of alkyl halides is 3. The van der Waals surface area contributed by atoms with E-state index in [0.29, 0.717) is 16.7 Å². The molecule has 0 unspecified atom stereocenters. The van der Waals surface area contributed by atoms with Crippen molar-refractivity contribution in [2.75, 3.05) is 13.1 Å². The van der Waals surface area contributed by atoms with Crippen molar-refractivity contribution in [3.8, 4) is 11.1 Å². The molecule has 5 heteroatoms. The van der Waals surface area contributed by atoms with Gasteiger partial charge in [-0.1, -0.05) is 18.2 Å². The zero-order valence-corrected chi connectivity index (χ0v) is 12.5. The lowest BCUT2D eigenvalue weighted by atomic mass is 9.87. The van der Waals surface area contributed by atoms with Gasteiger partial charge in [0.25, 0.3) is 0 Å². The van der Waals surface area contributed by atoms with E-state index < -0.39 is 17.6 Å². The molecule has 0 amide bonds. The third-order valence-corrected chi connectivity index (χ3v) is 4.27. The van der Waals surface area contributed by atoms with Crippen molar-refractivity contribution in [1.82, 2.24) is 5.32 Å². The highest BCUT2D eigenvalue weighted by atomic mass is 19.4. The highest BCUT2D eigenvalue weighted by molar-refractivity contribution is 5.65. The Bertz CT molecular complexity index is 670. The molecule has 3 rings (SSSR count). The molecule has 122 valence electrons. The number of hydrogen-bond donors (Lipinski definition) is 1. The van der Waals surface area contributed by atoms with Crippen LogP contribution < -0.4 is 5.32 Å². The summed E-state index contributed by atoms with van der Waals surface area (Å²) in [5, 5.41) is 3.22. The minimum Gasteiger partial charge on any atom is -0.317 e. The SMILES string of the molecule is Fc1ccc(-c2cc(C3CCNCC3)cc(C(F)(F)F)c2)cc1. The van der Waals surface area contributed by atoms with Crippen LogP contribution in [0.1, 0.15) is 29.9 Å². The Balaban J connectivity index is 2.05. The Morgan fingerprint density at radius 2 is 1.52 bits per heavy atom. The first-order chi connectivity index (χ1) is 10.9. The van der Waals surface area contributed by atoms with E-state index in [0.717, 1.165) is 32.0 Å². The van der Waals surface area contributed by atoms with Crippen LogP contribution in [0.25, 0.3) is 11.1 Å². The van der Waals surface area contributed by atoms with E-state index >= 15 is 0 Å². The zero-order chi connectivity index (χ0) is 16.4. The minimum absolute atomic E-state index is 0.123. The van der Waals surface area contributed by atoms with Crippen LogP contribution in [0.3, 0.4) is 0 Å². The molecule has 23 heavy (non-hydrogen) atoms. The molecular formula is C18H17F4N. The summed E-state index contributed by atoms with van der Waals surface area (Å²) in [4.78, 5) is 0. The van der Waals surface area contributed by atoms with Crippen molar-refractivity contribution in [2.45, 2.75) is 24.9 Å². The van der Waals surface area contributed by atoms with Crippen LogP contribution in [0.4, 0.5) is 17.6 Å². The number of hydrogen-bond acceptors (Lipinski definition) is 1. The fourth-order valence-electron chi connectivity index (χ4n) is 3.02. The Labute approximate surface area is 132 Å². The maximum atomic E-state index is 13.2. The van der Waals surface area contributed by atoms with Gasteiger partial charge in [0, 0.05) is 0 Å². The Morgan fingerprint density at radius 1 is 0.870 bits per heavy atom. The molecule has 0 atom stereocenters. The van der Waals surface area contributed by atoms with Gasteiger partial charge in [0.1, 0.15) is 5.82 Å². The summed E-state index contributed by atoms with van der Waals surface area (Å²) >= 11 is 0. The lowest BCUT2D eigenvalue weighted by molar-refractivity contribution is -0.137. The molecule has 1 saturated heterocycles. The largest absolute Gasteiger partial charge is 0.416 e. The monoisotopic (exact) mass is 323 g/mol. The molecule has 0 aromatic heterocycles. The van der Waals surface area contributed by atoms with Gasteiger partial charge in [-0.2, -0.15) is 13.2 Å². The van der Waals surface area contributed by atoms with Gasteiger partial charge in [-0.05, 0) is 72.8 Å². The van der Waals surface area contributed by atoms with Crippen LogP contribution in [-0.4, -0.2) is 13.1 Å². The summed E-state index contributed by atoms with van der Waals surface area (Å²) in [6, 6.07) is 9.74. The molecule has 1 aliphatic rings. The van der Waals surface area contributed by atoms with Gasteiger partial charge >= 0.3 is 6.18 Å². The van der Waals surface area contributed by atoms with E-state index in [1.807, 2.05) is 0 Å². The van der Waals surface area contributed by atoms with Crippen LogP contribution in [0.5, 0.6) is 0 Å². The maximum absolute atomic E-state index is 13.2. The summed E-state index contributed by atoms with van der Waals surface area (Å²) in [7, 11) is 0. The first kappa shape index (κ1) is 16.0. The molecule has 1 nitrogen and oxygen atoms in total. The molecule has 1 N–H and O–H groups in total. The van der Waals surface area contributed by atoms with Gasteiger partial charge in [0.15, 0.2) is 0 Å². The number of nitrogens with one attached hydrogen (secondary N) is 1. The first-order valence-electron chi connectivity index (χ1n) is 7.62. The summed E-state index contributed by atoms with van der Waals surface area (Å²) in [5.41, 5.74) is 1.13. The Hall–Kier alpha value is -1.88. The van der Waals surface area contributed by atoms with Crippen molar-refractivity contribution >= 4 is 0 Å². The van der Waals surface area contributed by atoms with E-state index in [9.17, 15) is 17.6 Å². The smallest absolute Gasteiger partial charge is 0.317 e. The van der Waals surface area contributed by atoms with Gasteiger partial charge in [-0.25, -0.2) is 4.39 Å². The van der Waals surface area contributed by atoms with Gasteiger partial charge in [-0.15, -0.1) is 0 Å². The zero-order valence-electron chi connectivity index (χ0n) is 12.5. The predicted octanol–water partition coefficient (Wildman–Crippen LogP) is 4.98. The van der Waals surface area contributed by atoms with Crippen molar-refractivity contribution in [2.24, 2.45) is 0 Å². The van der Waals surface area contributed by atoms with Crippen molar-refractivity contribution < 1.29 is 17.6 Å². The topological polar surface area (TPSA) is 12.0 Å². The second kappa shape index (κ2) is 6.32. The lowest BCUT2D eigenvalue weighted by Crippen LogP contribution is -2.26. The van der Waals surface area contributed by atoms with E-state index in [2.05, 4.69) is 5.32 Å². The van der Waals surface area contributed by atoms with Gasteiger partial charge in [0.05, 0.1) is 5.56 Å². The molecule has 1 fully saturated rings. The average Bonchev–Trinajstić information content (AvgIpc) is 2.55. The lowest BCUT2D eigenvalue weighted by Gasteiger charge is -2.24. The maximum Gasteiger partial charge on any atom is 0.416 e. The van der Waals surface area contributed by atoms with E-state index in [1.165, 1.54) is 30.3 Å². The number of rotatable bonds is 2. The molecular weight excluding hydrogens is 306 g/mol. The normalized spacial score (nSPS) is 16.5. The molecule has 0 spiro atoms. The molecule has 0 bridgehead atoms. The van der Waals surface area contributed by atoms with Gasteiger partial charge in [-0.3, -0.25) is 0 Å². The highest BCUT2D eigenvalue weighted by Gasteiger charge is 2.32. The Morgan fingerprint density at radius 3 is 2.13 bits per heavy atom. The minimum atomic E-state index is -4.39. The molecule has 1 aliphatic heterocycles. The summed E-state index contributed by atoms with van der Waals surface area (Å²) in [6.45, 7) is 1.62. The second-order valence-electron chi connectivity index (χ2n) is 5.87. The number of benzene rings is 2. The van der Waals surface area contributed by atoms with Gasteiger partial charge in [0.2, 0.25) is 0 Å². The average molecular weight is 323 g/mol. The van der Waals surface area contributed by atoms with E-state index in [1.54, 1.807) is 6.07 Å². The highest BCUT2D eigenvalue weighted by Crippen LogP contribution is 2.37. The predicted molar refractivity (Wildman–Crippen MR) is 81.7 cm³/mol. The van der Waals surface area contributed by atoms with Crippen LogP contribution in [0.15, 0.2) is 42.5 Å². The molecule has 0 saturated carbocycles. The van der Waals surface area contributed by atoms with Crippen LogP contribution in [-0.2, 0) is 6.18 Å². The third-order valence-electron chi connectivity index (χ3n) is 4.27. The first-order valence-corrected chi connectivity index (χ1v) is 7.62. The molecule has 0 aliphatic carbocycles. The van der Waals surface area contributed by atoms with E-state index in [-0.39, 0.29) is 5.92 Å². The van der Waals surface area contributed by atoms with Gasteiger partial charge < -0.3 is 5.32 Å². The van der Waals surface area contributed by atoms with E-state index in [4.69, 9.17) is 0 Å². The second-order valence-corrected chi connectivity index (χ2v) is 5.87. The molecule has 2 aromatic rings. The van der Waals surface area contributed by atoms with Crippen molar-refractivity contribution in [1.29, 1.82) is 0 Å². The third kappa shape index (κ3) is 3.72. The fourth-order valence-corrected chi connectivity index (χ4v) is 3.02. The molecule has 0 radical (unpaired) electrons. The summed E-state index contributed by atoms with van der Waals surface area (Å²) < 4.78 is 52.7. The Kier molecular flexibility index (Phi) is 4.39. The van der Waals surface area contributed by atoms with Crippen molar-refractivity contribution in [3.05, 3.63) is 59.4 Å². The van der Waals surface area contributed by atoms with Crippen LogP contribution >= 0.6 is 0 Å².